The van der Waals surface area contributed by atoms with Gasteiger partial charge < -0.3 is 15.3 Å². The van der Waals surface area contributed by atoms with E-state index in [2.05, 4.69) is 5.32 Å². The van der Waals surface area contributed by atoms with Gasteiger partial charge in [0.25, 0.3) is 5.91 Å². The summed E-state index contributed by atoms with van der Waals surface area (Å²) < 4.78 is 0. The molecule has 1 amide bonds. The molecule has 0 radical (unpaired) electrons. The molecule has 0 spiro atoms. The predicted octanol–water partition coefficient (Wildman–Crippen LogP) is 1.96. The quantitative estimate of drug-likeness (QED) is 0.859. The molecule has 0 aromatic heterocycles. The fraction of sp³-hybridized carbons (Fsp3) is 0.500. The van der Waals surface area contributed by atoms with Crippen molar-refractivity contribution in [3.8, 4) is 0 Å². The standard InChI is InChI=1S/C14H22N2O2/c1-10(14(2,3)18)15-12-8-6-11(7-9-12)13(17)16(4)5/h6-10,15,18H,1-5H3. The highest BCUT2D eigenvalue weighted by atomic mass is 16.3. The van der Waals surface area contributed by atoms with Crippen molar-refractivity contribution in [3.63, 3.8) is 0 Å². The molecule has 100 valence electrons. The minimum absolute atomic E-state index is 0.0166. The van der Waals surface area contributed by atoms with Crippen LogP contribution in [0.3, 0.4) is 0 Å². The normalized spacial score (nSPS) is 13.0. The Hall–Kier alpha value is -1.55. The highest BCUT2D eigenvalue weighted by Crippen LogP contribution is 2.16. The van der Waals surface area contributed by atoms with Gasteiger partial charge in [-0.1, -0.05) is 0 Å². The lowest BCUT2D eigenvalue weighted by molar-refractivity contribution is 0.0649. The Morgan fingerprint density at radius 2 is 1.78 bits per heavy atom. The van der Waals surface area contributed by atoms with E-state index in [1.165, 1.54) is 0 Å². The summed E-state index contributed by atoms with van der Waals surface area (Å²) in [4.78, 5) is 13.2. The third-order valence-corrected chi connectivity index (χ3v) is 2.98. The molecule has 1 aromatic carbocycles. The monoisotopic (exact) mass is 250 g/mol. The Labute approximate surface area is 109 Å². The van der Waals surface area contributed by atoms with Crippen LogP contribution in [0.2, 0.25) is 0 Å². The van der Waals surface area contributed by atoms with Crippen LogP contribution in [0.1, 0.15) is 31.1 Å². The second-order valence-electron chi connectivity index (χ2n) is 5.30. The fourth-order valence-electron chi connectivity index (χ4n) is 1.39. The highest BCUT2D eigenvalue weighted by Gasteiger charge is 2.21. The summed E-state index contributed by atoms with van der Waals surface area (Å²) in [6.07, 6.45) is 0. The largest absolute Gasteiger partial charge is 0.388 e. The van der Waals surface area contributed by atoms with Crippen molar-refractivity contribution >= 4 is 11.6 Å². The molecule has 0 fully saturated rings. The number of benzene rings is 1. The van der Waals surface area contributed by atoms with E-state index in [1.807, 2.05) is 19.1 Å². The van der Waals surface area contributed by atoms with Crippen LogP contribution in [0.4, 0.5) is 5.69 Å². The average molecular weight is 250 g/mol. The maximum atomic E-state index is 11.7. The molecular formula is C14H22N2O2. The third kappa shape index (κ3) is 3.74. The van der Waals surface area contributed by atoms with Gasteiger partial charge in [-0.3, -0.25) is 4.79 Å². The highest BCUT2D eigenvalue weighted by molar-refractivity contribution is 5.94. The van der Waals surface area contributed by atoms with Crippen molar-refractivity contribution < 1.29 is 9.90 Å². The van der Waals surface area contributed by atoms with Crippen LogP contribution in [0.25, 0.3) is 0 Å². The summed E-state index contributed by atoms with van der Waals surface area (Å²) in [5.41, 5.74) is 0.749. The average Bonchev–Trinajstić information content (AvgIpc) is 2.27. The Morgan fingerprint density at radius 1 is 1.28 bits per heavy atom. The lowest BCUT2D eigenvalue weighted by Crippen LogP contribution is -2.39. The molecule has 4 nitrogen and oxygen atoms in total. The summed E-state index contributed by atoms with van der Waals surface area (Å²) in [6, 6.07) is 7.18. The van der Waals surface area contributed by atoms with E-state index in [0.29, 0.717) is 5.56 Å². The number of nitrogens with zero attached hydrogens (tertiary/aromatic N) is 1. The Morgan fingerprint density at radius 3 is 2.17 bits per heavy atom. The minimum Gasteiger partial charge on any atom is -0.388 e. The first-order valence-electron chi connectivity index (χ1n) is 6.02. The van der Waals surface area contributed by atoms with Gasteiger partial charge in [0.05, 0.1) is 11.6 Å². The molecule has 4 heteroatoms. The molecule has 18 heavy (non-hydrogen) atoms. The number of hydrogen-bond donors (Lipinski definition) is 2. The number of aliphatic hydroxyl groups is 1. The van der Waals surface area contributed by atoms with Crippen molar-refractivity contribution in [3.05, 3.63) is 29.8 Å². The Balaban J connectivity index is 2.75. The number of amides is 1. The summed E-state index contributed by atoms with van der Waals surface area (Å²) >= 11 is 0. The summed E-state index contributed by atoms with van der Waals surface area (Å²) in [5.74, 6) is -0.0166. The summed E-state index contributed by atoms with van der Waals surface area (Å²) in [7, 11) is 3.45. The maximum absolute atomic E-state index is 11.7. The van der Waals surface area contributed by atoms with E-state index < -0.39 is 5.60 Å². The van der Waals surface area contributed by atoms with E-state index in [0.717, 1.165) is 5.69 Å². The Kier molecular flexibility index (Phi) is 4.35. The minimum atomic E-state index is -0.794. The van der Waals surface area contributed by atoms with Crippen molar-refractivity contribution in [1.82, 2.24) is 4.90 Å². The number of anilines is 1. The predicted molar refractivity (Wildman–Crippen MR) is 73.8 cm³/mol. The van der Waals surface area contributed by atoms with E-state index in [4.69, 9.17) is 0 Å². The molecular weight excluding hydrogens is 228 g/mol. The number of carbonyl (C=O) groups excluding carboxylic acids is 1. The van der Waals surface area contributed by atoms with Crippen molar-refractivity contribution in [2.24, 2.45) is 0 Å². The molecule has 1 atom stereocenters. The number of nitrogens with one attached hydrogen (secondary N) is 1. The van der Waals surface area contributed by atoms with Gasteiger partial charge in [0.2, 0.25) is 0 Å². The van der Waals surface area contributed by atoms with Gasteiger partial charge in [-0.25, -0.2) is 0 Å². The first kappa shape index (κ1) is 14.5. The van der Waals surface area contributed by atoms with Crippen molar-refractivity contribution in [2.75, 3.05) is 19.4 Å². The molecule has 0 heterocycles. The van der Waals surface area contributed by atoms with Crippen LogP contribution in [-0.4, -0.2) is 41.7 Å². The molecule has 0 aliphatic rings. The number of carbonyl (C=O) groups is 1. The zero-order valence-corrected chi connectivity index (χ0v) is 11.7. The SMILES string of the molecule is CC(Nc1ccc(C(=O)N(C)C)cc1)C(C)(C)O. The second-order valence-corrected chi connectivity index (χ2v) is 5.30. The lowest BCUT2D eigenvalue weighted by Gasteiger charge is -2.27. The molecule has 0 saturated heterocycles. The van der Waals surface area contributed by atoms with Crippen molar-refractivity contribution in [2.45, 2.75) is 32.4 Å². The third-order valence-electron chi connectivity index (χ3n) is 2.98. The van der Waals surface area contributed by atoms with Gasteiger partial charge in [-0.05, 0) is 45.0 Å². The van der Waals surface area contributed by atoms with Gasteiger partial charge in [-0.2, -0.15) is 0 Å². The molecule has 0 saturated carbocycles. The smallest absolute Gasteiger partial charge is 0.253 e. The van der Waals surface area contributed by atoms with Crippen LogP contribution in [0, 0.1) is 0 Å². The van der Waals surface area contributed by atoms with Gasteiger partial charge in [0.1, 0.15) is 0 Å². The molecule has 1 aromatic rings. The number of rotatable bonds is 4. The number of hydrogen-bond acceptors (Lipinski definition) is 3. The molecule has 0 aliphatic carbocycles. The van der Waals surface area contributed by atoms with Gasteiger partial charge >= 0.3 is 0 Å². The molecule has 1 unspecified atom stereocenters. The summed E-state index contributed by atoms with van der Waals surface area (Å²) in [5, 5.41) is 13.0. The van der Waals surface area contributed by atoms with Crippen molar-refractivity contribution in [1.29, 1.82) is 0 Å². The van der Waals surface area contributed by atoms with Crippen LogP contribution in [-0.2, 0) is 0 Å². The van der Waals surface area contributed by atoms with Gasteiger partial charge in [0, 0.05) is 25.3 Å². The molecule has 1 rings (SSSR count). The van der Waals surface area contributed by atoms with Gasteiger partial charge in [0.15, 0.2) is 0 Å². The molecule has 2 N–H and O–H groups in total. The maximum Gasteiger partial charge on any atom is 0.253 e. The molecule has 0 aliphatic heterocycles. The first-order valence-corrected chi connectivity index (χ1v) is 6.02. The fourth-order valence-corrected chi connectivity index (χ4v) is 1.39. The van der Waals surface area contributed by atoms with Crippen LogP contribution in [0.5, 0.6) is 0 Å². The zero-order chi connectivity index (χ0) is 13.9. The van der Waals surface area contributed by atoms with Crippen LogP contribution in [0.15, 0.2) is 24.3 Å². The Bertz CT molecular complexity index is 405. The lowest BCUT2D eigenvalue weighted by atomic mass is 10.0. The molecule has 0 bridgehead atoms. The van der Waals surface area contributed by atoms with E-state index >= 15 is 0 Å². The topological polar surface area (TPSA) is 52.6 Å². The first-order chi connectivity index (χ1) is 8.21. The van der Waals surface area contributed by atoms with Crippen LogP contribution < -0.4 is 5.32 Å². The van der Waals surface area contributed by atoms with Crippen LogP contribution >= 0.6 is 0 Å². The van der Waals surface area contributed by atoms with Gasteiger partial charge in [-0.15, -0.1) is 0 Å². The zero-order valence-electron chi connectivity index (χ0n) is 11.7. The van der Waals surface area contributed by atoms with E-state index in [-0.39, 0.29) is 11.9 Å². The summed E-state index contributed by atoms with van der Waals surface area (Å²) in [6.45, 7) is 5.43. The second kappa shape index (κ2) is 5.40. The van der Waals surface area contributed by atoms with E-state index in [9.17, 15) is 9.90 Å². The van der Waals surface area contributed by atoms with E-state index in [1.54, 1.807) is 45.0 Å².